The number of amides is 2. The van der Waals surface area contributed by atoms with Crippen LogP contribution in [-0.2, 0) is 14.4 Å². The normalized spacial score (nSPS) is 16.8. The Hall–Kier alpha value is -2.37. The second kappa shape index (κ2) is 17.3. The van der Waals surface area contributed by atoms with E-state index in [9.17, 15) is 14.4 Å². The predicted octanol–water partition coefficient (Wildman–Crippen LogP) is 6.19. The largest absolute Gasteiger partial charge is 0.372 e. The first-order chi connectivity index (χ1) is 18.2. The quantitative estimate of drug-likeness (QED) is 0.139. The molecule has 214 valence electrons. The molecule has 6 nitrogen and oxygen atoms in total. The van der Waals surface area contributed by atoms with Crippen molar-refractivity contribution in [3.8, 4) is 0 Å². The minimum atomic E-state index is 0.0654. The molecule has 0 unspecified atom stereocenters. The molecule has 2 amide bonds. The number of allylic oxidation sites excluding steroid dienone is 1. The van der Waals surface area contributed by atoms with Gasteiger partial charge in [0.25, 0.3) is 0 Å². The molecule has 1 N–H and O–H groups in total. The maximum Gasteiger partial charge on any atom is 0.248 e. The lowest BCUT2D eigenvalue weighted by Crippen LogP contribution is -2.38. The van der Waals surface area contributed by atoms with E-state index in [0.29, 0.717) is 42.5 Å². The van der Waals surface area contributed by atoms with Gasteiger partial charge in [0.2, 0.25) is 11.8 Å². The average Bonchev–Trinajstić information content (AvgIpc) is 2.91. The van der Waals surface area contributed by atoms with E-state index in [0.717, 1.165) is 115 Å². The number of nitrogens with zero attached hydrogens (tertiary/aromatic N) is 2. The fourth-order valence-electron chi connectivity index (χ4n) is 5.58. The van der Waals surface area contributed by atoms with Gasteiger partial charge in [-0.25, -0.2) is 0 Å². The van der Waals surface area contributed by atoms with E-state index < -0.39 is 0 Å². The van der Waals surface area contributed by atoms with Crippen molar-refractivity contribution in [2.45, 2.75) is 104 Å². The van der Waals surface area contributed by atoms with E-state index in [1.165, 1.54) is 0 Å². The highest BCUT2D eigenvalue weighted by atomic mass is 16.2. The number of nitrogens with one attached hydrogen (secondary N) is 1. The molecule has 2 rings (SSSR count). The van der Waals surface area contributed by atoms with Crippen molar-refractivity contribution in [3.63, 3.8) is 0 Å². The third kappa shape index (κ3) is 12.0. The lowest BCUT2D eigenvalue weighted by atomic mass is 9.90. The second-order valence-corrected chi connectivity index (χ2v) is 11.7. The van der Waals surface area contributed by atoms with Crippen LogP contribution in [-0.4, -0.2) is 60.1 Å². The lowest BCUT2D eigenvalue weighted by molar-refractivity contribution is -0.128. The van der Waals surface area contributed by atoms with Crippen molar-refractivity contribution < 1.29 is 14.4 Å². The number of hydrogen-bond acceptors (Lipinski definition) is 4. The molecular weight excluding hydrogens is 474 g/mol. The van der Waals surface area contributed by atoms with Crippen molar-refractivity contribution in [1.29, 1.82) is 0 Å². The number of carbonyl (C=O) groups is 3. The van der Waals surface area contributed by atoms with Gasteiger partial charge < -0.3 is 15.1 Å². The Balaban J connectivity index is 1.39. The van der Waals surface area contributed by atoms with Crippen LogP contribution in [0.5, 0.6) is 0 Å². The Labute approximate surface area is 232 Å². The summed E-state index contributed by atoms with van der Waals surface area (Å²) in [6.07, 6.45) is 13.4. The third-order valence-corrected chi connectivity index (χ3v) is 8.32. The summed E-state index contributed by atoms with van der Waals surface area (Å²) in [7, 11) is 0. The number of likely N-dealkylation sites (tertiary alicyclic amines) is 2. The van der Waals surface area contributed by atoms with Crippen molar-refractivity contribution in [2.75, 3.05) is 32.7 Å². The number of Topliss-reactive ketones (excluding diaryl/α,β-unsaturated/α-hetero) is 1. The summed E-state index contributed by atoms with van der Waals surface area (Å²) in [6.45, 7) is 20.0. The van der Waals surface area contributed by atoms with E-state index in [1.54, 1.807) is 6.92 Å². The van der Waals surface area contributed by atoms with Crippen molar-refractivity contribution in [2.24, 2.45) is 11.8 Å². The van der Waals surface area contributed by atoms with Crippen LogP contribution in [0.1, 0.15) is 104 Å². The molecule has 0 aromatic rings. The summed E-state index contributed by atoms with van der Waals surface area (Å²) < 4.78 is 0. The van der Waals surface area contributed by atoms with E-state index in [2.05, 4.69) is 30.0 Å². The molecule has 2 aliphatic rings. The van der Waals surface area contributed by atoms with Gasteiger partial charge in [-0.15, -0.1) is 0 Å². The monoisotopic (exact) mass is 527 g/mol. The molecule has 0 atom stereocenters. The fraction of sp³-hybridized carbons (Fsp3) is 0.719. The molecule has 0 radical (unpaired) electrons. The SMILES string of the molecule is C=C(C)C(=C)N1CCC(CCC(=O)NCCCCCCCC(=O)CCC2CCN(C(=O)C(=C)C)CC2)CC1. The van der Waals surface area contributed by atoms with Crippen molar-refractivity contribution >= 4 is 17.6 Å². The van der Waals surface area contributed by atoms with Gasteiger partial charge in [0.1, 0.15) is 5.78 Å². The summed E-state index contributed by atoms with van der Waals surface area (Å²) >= 11 is 0. The minimum Gasteiger partial charge on any atom is -0.372 e. The highest BCUT2D eigenvalue weighted by Crippen LogP contribution is 2.26. The number of piperidine rings is 2. The van der Waals surface area contributed by atoms with Crippen LogP contribution in [0, 0.1) is 11.8 Å². The third-order valence-electron chi connectivity index (χ3n) is 8.32. The van der Waals surface area contributed by atoms with E-state index in [-0.39, 0.29) is 11.8 Å². The first-order valence-electron chi connectivity index (χ1n) is 15.0. The molecule has 0 aliphatic carbocycles. The van der Waals surface area contributed by atoms with Crippen LogP contribution in [0.4, 0.5) is 0 Å². The van der Waals surface area contributed by atoms with Gasteiger partial charge in [-0.1, -0.05) is 39.0 Å². The Bertz CT molecular complexity index is 750. The summed E-state index contributed by atoms with van der Waals surface area (Å²) in [5.74, 6) is 1.81. The zero-order chi connectivity index (χ0) is 27.9. The lowest BCUT2D eigenvalue weighted by Gasteiger charge is -2.35. The molecule has 2 saturated heterocycles. The van der Waals surface area contributed by atoms with Crippen LogP contribution in [0.25, 0.3) is 0 Å². The second-order valence-electron chi connectivity index (χ2n) is 11.7. The topological polar surface area (TPSA) is 69.7 Å². The van der Waals surface area contributed by atoms with E-state index in [4.69, 9.17) is 0 Å². The standard InChI is InChI=1S/C32H53N3O3/c1-25(2)27(5)34-21-16-29(17-22-34)13-15-31(37)33-20-10-8-6-7-9-11-30(36)14-12-28-18-23-35(24-19-28)32(38)26(3)4/h28-29H,1,3,5-24H2,2,4H3,(H,33,37). The Morgan fingerprint density at radius 2 is 1.21 bits per heavy atom. The average molecular weight is 528 g/mol. The predicted molar refractivity (Wildman–Crippen MR) is 157 cm³/mol. The van der Waals surface area contributed by atoms with Gasteiger partial charge in [0, 0.05) is 63.3 Å². The van der Waals surface area contributed by atoms with E-state index >= 15 is 0 Å². The summed E-state index contributed by atoms with van der Waals surface area (Å²) in [5, 5.41) is 3.08. The van der Waals surface area contributed by atoms with Crippen LogP contribution < -0.4 is 5.32 Å². The van der Waals surface area contributed by atoms with Crippen LogP contribution in [0.3, 0.4) is 0 Å². The Morgan fingerprint density at radius 1 is 0.684 bits per heavy atom. The molecule has 6 heteroatoms. The summed E-state index contributed by atoms with van der Waals surface area (Å²) in [5.41, 5.74) is 2.69. The molecule has 38 heavy (non-hydrogen) atoms. The van der Waals surface area contributed by atoms with Gasteiger partial charge in [-0.3, -0.25) is 14.4 Å². The van der Waals surface area contributed by atoms with Crippen LogP contribution in [0.15, 0.2) is 36.6 Å². The number of hydrogen-bond donors (Lipinski definition) is 1. The fourth-order valence-corrected chi connectivity index (χ4v) is 5.58. The van der Waals surface area contributed by atoms with Gasteiger partial charge in [0.05, 0.1) is 0 Å². The molecule has 0 spiro atoms. The Morgan fingerprint density at radius 3 is 1.79 bits per heavy atom. The van der Waals surface area contributed by atoms with Crippen molar-refractivity contribution in [1.82, 2.24) is 15.1 Å². The van der Waals surface area contributed by atoms with Gasteiger partial charge in [-0.2, -0.15) is 0 Å². The zero-order valence-corrected chi connectivity index (χ0v) is 24.3. The maximum absolute atomic E-state index is 12.3. The minimum absolute atomic E-state index is 0.0654. The molecule has 0 saturated carbocycles. The Kier molecular flexibility index (Phi) is 14.5. The highest BCUT2D eigenvalue weighted by Gasteiger charge is 2.23. The van der Waals surface area contributed by atoms with Crippen molar-refractivity contribution in [3.05, 3.63) is 36.6 Å². The molecule has 2 fully saturated rings. The van der Waals surface area contributed by atoms with Crippen LogP contribution >= 0.6 is 0 Å². The first-order valence-corrected chi connectivity index (χ1v) is 15.0. The summed E-state index contributed by atoms with van der Waals surface area (Å²) in [6, 6.07) is 0. The van der Waals surface area contributed by atoms with Gasteiger partial charge in [0.15, 0.2) is 0 Å². The summed E-state index contributed by atoms with van der Waals surface area (Å²) in [4.78, 5) is 40.7. The molecular formula is C32H53N3O3. The van der Waals surface area contributed by atoms with Crippen LogP contribution in [0.2, 0.25) is 0 Å². The molecule has 0 aromatic carbocycles. The number of carbonyl (C=O) groups excluding carboxylic acids is 3. The first kappa shape index (κ1) is 31.8. The van der Waals surface area contributed by atoms with Gasteiger partial charge in [-0.05, 0) is 82.6 Å². The molecule has 0 aromatic heterocycles. The number of rotatable bonds is 17. The smallest absolute Gasteiger partial charge is 0.248 e. The molecule has 2 heterocycles. The number of ketones is 1. The number of unbranched alkanes of at least 4 members (excludes halogenated alkanes) is 4. The molecule has 0 bridgehead atoms. The van der Waals surface area contributed by atoms with E-state index in [1.807, 2.05) is 11.8 Å². The van der Waals surface area contributed by atoms with Gasteiger partial charge >= 0.3 is 0 Å². The highest BCUT2D eigenvalue weighted by molar-refractivity contribution is 5.92. The zero-order valence-electron chi connectivity index (χ0n) is 24.3. The maximum atomic E-state index is 12.3. The molecule has 2 aliphatic heterocycles.